The van der Waals surface area contributed by atoms with Crippen LogP contribution in [0.4, 0.5) is 0 Å². The average molecular weight is 250 g/mol. The van der Waals surface area contributed by atoms with Crippen molar-refractivity contribution in [3.05, 3.63) is 0 Å². The van der Waals surface area contributed by atoms with Crippen LogP contribution < -0.4 is 5.73 Å². The predicted octanol–water partition coefficient (Wildman–Crippen LogP) is 0.723. The van der Waals surface area contributed by atoms with E-state index in [1.54, 1.807) is 4.31 Å². The Morgan fingerprint density at radius 1 is 1.60 bits per heavy atom. The molecule has 1 fully saturated rings. The molecule has 1 saturated heterocycles. The standard InChI is InChI=1S/C9H18N2O2S2/c1-7(2)8-4-3-5-11(8)15(12,13)6-9(10)14/h7-8H,3-6H2,1-2H3,(H2,10,14). The summed E-state index contributed by atoms with van der Waals surface area (Å²) in [6, 6.07) is 0.115. The van der Waals surface area contributed by atoms with E-state index in [-0.39, 0.29) is 16.8 Å². The Labute approximate surface area is 96.9 Å². The van der Waals surface area contributed by atoms with Crippen LogP contribution in [-0.2, 0) is 10.0 Å². The van der Waals surface area contributed by atoms with Crippen LogP contribution in [0.2, 0.25) is 0 Å². The van der Waals surface area contributed by atoms with E-state index in [2.05, 4.69) is 12.2 Å². The minimum Gasteiger partial charge on any atom is -0.392 e. The van der Waals surface area contributed by atoms with Crippen molar-refractivity contribution in [2.24, 2.45) is 11.7 Å². The van der Waals surface area contributed by atoms with Crippen LogP contribution in [0.25, 0.3) is 0 Å². The zero-order valence-electron chi connectivity index (χ0n) is 9.14. The molecule has 1 atom stereocenters. The summed E-state index contributed by atoms with van der Waals surface area (Å²) in [5.41, 5.74) is 5.29. The summed E-state index contributed by atoms with van der Waals surface area (Å²) in [6.45, 7) is 4.69. The van der Waals surface area contributed by atoms with Crippen LogP contribution in [0, 0.1) is 5.92 Å². The largest absolute Gasteiger partial charge is 0.392 e. The van der Waals surface area contributed by atoms with E-state index in [1.165, 1.54) is 0 Å². The monoisotopic (exact) mass is 250 g/mol. The van der Waals surface area contributed by atoms with Gasteiger partial charge in [0.1, 0.15) is 5.75 Å². The van der Waals surface area contributed by atoms with Gasteiger partial charge in [0.25, 0.3) is 0 Å². The van der Waals surface area contributed by atoms with Crippen LogP contribution in [0.5, 0.6) is 0 Å². The number of nitrogens with two attached hydrogens (primary N) is 1. The van der Waals surface area contributed by atoms with Crippen molar-refractivity contribution in [1.29, 1.82) is 0 Å². The first-order valence-electron chi connectivity index (χ1n) is 5.12. The second kappa shape index (κ2) is 4.76. The van der Waals surface area contributed by atoms with E-state index >= 15 is 0 Å². The molecule has 0 aliphatic carbocycles. The van der Waals surface area contributed by atoms with Gasteiger partial charge in [-0.05, 0) is 18.8 Å². The summed E-state index contributed by atoms with van der Waals surface area (Å²) in [4.78, 5) is 0.0457. The molecule has 0 spiro atoms. The lowest BCUT2D eigenvalue weighted by Gasteiger charge is -2.26. The topological polar surface area (TPSA) is 63.4 Å². The van der Waals surface area contributed by atoms with Gasteiger partial charge in [0.05, 0.1) is 4.99 Å². The molecule has 0 radical (unpaired) electrons. The molecule has 6 heteroatoms. The van der Waals surface area contributed by atoms with E-state index in [9.17, 15) is 8.42 Å². The fraction of sp³-hybridized carbons (Fsp3) is 0.889. The van der Waals surface area contributed by atoms with Crippen LogP contribution in [0.3, 0.4) is 0 Å². The van der Waals surface area contributed by atoms with E-state index < -0.39 is 10.0 Å². The van der Waals surface area contributed by atoms with Gasteiger partial charge in [0.2, 0.25) is 10.0 Å². The molecule has 0 bridgehead atoms. The first kappa shape index (κ1) is 12.9. The highest BCUT2D eigenvalue weighted by Crippen LogP contribution is 2.26. The predicted molar refractivity (Wildman–Crippen MR) is 65.1 cm³/mol. The van der Waals surface area contributed by atoms with Gasteiger partial charge in [-0.2, -0.15) is 4.31 Å². The molecule has 15 heavy (non-hydrogen) atoms. The molecule has 88 valence electrons. The van der Waals surface area contributed by atoms with Gasteiger partial charge in [-0.3, -0.25) is 0 Å². The smallest absolute Gasteiger partial charge is 0.220 e. The minimum absolute atomic E-state index is 0.0457. The Morgan fingerprint density at radius 2 is 2.20 bits per heavy atom. The third-order valence-corrected chi connectivity index (χ3v) is 4.87. The van der Waals surface area contributed by atoms with Crippen molar-refractivity contribution in [3.8, 4) is 0 Å². The maximum Gasteiger partial charge on any atom is 0.220 e. The molecule has 0 saturated carbocycles. The Hall–Kier alpha value is -0.200. The van der Waals surface area contributed by atoms with Crippen molar-refractivity contribution < 1.29 is 8.42 Å². The van der Waals surface area contributed by atoms with Crippen molar-refractivity contribution in [1.82, 2.24) is 4.31 Å². The number of sulfonamides is 1. The van der Waals surface area contributed by atoms with Gasteiger partial charge in [-0.15, -0.1) is 0 Å². The van der Waals surface area contributed by atoms with Gasteiger partial charge in [-0.25, -0.2) is 8.42 Å². The van der Waals surface area contributed by atoms with Crippen LogP contribution in [0.1, 0.15) is 26.7 Å². The molecule has 0 aromatic heterocycles. The molecule has 0 amide bonds. The molecule has 1 heterocycles. The molecule has 1 aliphatic heterocycles. The maximum atomic E-state index is 11.9. The zero-order valence-corrected chi connectivity index (χ0v) is 10.8. The van der Waals surface area contributed by atoms with Gasteiger partial charge in [0.15, 0.2) is 0 Å². The number of rotatable bonds is 4. The second-order valence-electron chi connectivity index (χ2n) is 4.29. The summed E-state index contributed by atoms with van der Waals surface area (Å²) in [6.07, 6.45) is 1.87. The first-order chi connectivity index (χ1) is 6.84. The lowest BCUT2D eigenvalue weighted by atomic mass is 10.0. The highest BCUT2D eigenvalue weighted by molar-refractivity contribution is 7.92. The molecule has 0 aromatic rings. The van der Waals surface area contributed by atoms with Crippen molar-refractivity contribution >= 4 is 27.2 Å². The summed E-state index contributed by atoms with van der Waals surface area (Å²) in [5, 5.41) is 0. The van der Waals surface area contributed by atoms with Crippen molar-refractivity contribution in [3.63, 3.8) is 0 Å². The Balaban J connectivity index is 2.82. The highest BCUT2D eigenvalue weighted by atomic mass is 32.2. The van der Waals surface area contributed by atoms with E-state index in [0.29, 0.717) is 12.5 Å². The van der Waals surface area contributed by atoms with Gasteiger partial charge < -0.3 is 5.73 Å². The molecular weight excluding hydrogens is 232 g/mol. The third-order valence-electron chi connectivity index (χ3n) is 2.70. The quantitative estimate of drug-likeness (QED) is 0.747. The molecule has 1 unspecified atom stereocenters. The minimum atomic E-state index is -3.29. The first-order valence-corrected chi connectivity index (χ1v) is 7.14. The highest BCUT2D eigenvalue weighted by Gasteiger charge is 2.35. The lowest BCUT2D eigenvalue weighted by Crippen LogP contribution is -2.42. The Morgan fingerprint density at radius 3 is 2.67 bits per heavy atom. The second-order valence-corrected chi connectivity index (χ2v) is 6.73. The third kappa shape index (κ3) is 3.12. The van der Waals surface area contributed by atoms with Crippen LogP contribution in [0.15, 0.2) is 0 Å². The molecule has 1 rings (SSSR count). The lowest BCUT2D eigenvalue weighted by molar-refractivity contribution is 0.317. The SMILES string of the molecule is CC(C)C1CCCN1S(=O)(=O)CC(N)=S. The molecule has 4 nitrogen and oxygen atoms in total. The zero-order chi connectivity index (χ0) is 11.6. The van der Waals surface area contributed by atoms with Gasteiger partial charge in [-0.1, -0.05) is 26.1 Å². The molecule has 2 N–H and O–H groups in total. The van der Waals surface area contributed by atoms with Crippen LogP contribution >= 0.6 is 12.2 Å². The van der Waals surface area contributed by atoms with Crippen molar-refractivity contribution in [2.75, 3.05) is 12.3 Å². The number of thiocarbonyl (C=S) groups is 1. The van der Waals surface area contributed by atoms with Crippen molar-refractivity contribution in [2.45, 2.75) is 32.7 Å². The average Bonchev–Trinajstić information content (AvgIpc) is 2.48. The maximum absolute atomic E-state index is 11.9. The van der Waals surface area contributed by atoms with E-state index in [1.807, 2.05) is 13.8 Å². The van der Waals surface area contributed by atoms with E-state index in [4.69, 9.17) is 5.73 Å². The summed E-state index contributed by atoms with van der Waals surface area (Å²) < 4.78 is 25.4. The summed E-state index contributed by atoms with van der Waals surface area (Å²) in [5.74, 6) is 0.138. The molecule has 0 aromatic carbocycles. The Bertz CT molecular complexity index is 338. The summed E-state index contributed by atoms with van der Waals surface area (Å²) >= 11 is 4.66. The number of hydrogen-bond donors (Lipinski definition) is 1. The molecule has 1 aliphatic rings. The number of nitrogens with zero attached hydrogens (tertiary/aromatic N) is 1. The van der Waals surface area contributed by atoms with Gasteiger partial charge in [0, 0.05) is 12.6 Å². The Kier molecular flexibility index (Phi) is 4.08. The fourth-order valence-electron chi connectivity index (χ4n) is 2.04. The summed E-state index contributed by atoms with van der Waals surface area (Å²) in [7, 11) is -3.29. The van der Waals surface area contributed by atoms with Gasteiger partial charge >= 0.3 is 0 Å². The van der Waals surface area contributed by atoms with E-state index in [0.717, 1.165) is 12.8 Å². The number of hydrogen-bond acceptors (Lipinski definition) is 3. The molecular formula is C9H18N2O2S2. The van der Waals surface area contributed by atoms with Crippen LogP contribution in [-0.4, -0.2) is 36.1 Å². The fourth-order valence-corrected chi connectivity index (χ4v) is 4.18. The normalized spacial score (nSPS) is 23.5.